The Morgan fingerprint density at radius 3 is 2.33 bits per heavy atom. The van der Waals surface area contributed by atoms with Crippen LogP contribution >= 0.6 is 11.6 Å². The van der Waals surface area contributed by atoms with Gasteiger partial charge in [0.25, 0.3) is 5.91 Å². The lowest BCUT2D eigenvalue weighted by molar-refractivity contribution is 0.0526. The Balaban J connectivity index is 2.59. The van der Waals surface area contributed by atoms with E-state index in [1.807, 2.05) is 0 Å². The van der Waals surface area contributed by atoms with Crippen LogP contribution in [-0.2, 0) is 14.8 Å². The van der Waals surface area contributed by atoms with Gasteiger partial charge in [-0.1, -0.05) is 11.6 Å². The van der Waals surface area contributed by atoms with Gasteiger partial charge in [0.15, 0.2) is 0 Å². The summed E-state index contributed by atoms with van der Waals surface area (Å²) >= 11 is 5.89. The van der Waals surface area contributed by atoms with E-state index in [0.29, 0.717) is 0 Å². The number of carbonyl (C=O) groups excluding carboxylic acids is 2. The van der Waals surface area contributed by atoms with Gasteiger partial charge in [-0.15, -0.1) is 0 Å². The third-order valence-electron chi connectivity index (χ3n) is 2.59. The number of ether oxygens (including phenoxy) is 1. The number of alkyl carbamates (subject to hydrolysis) is 1. The van der Waals surface area contributed by atoms with E-state index in [0.717, 1.165) is 6.07 Å². The molecule has 1 rings (SSSR count). The molecule has 0 saturated heterocycles. The Morgan fingerprint density at radius 1 is 1.21 bits per heavy atom. The molecular weight excluding hydrogens is 358 g/mol. The molecule has 0 aliphatic heterocycles. The monoisotopic (exact) mass is 377 g/mol. The normalized spacial score (nSPS) is 11.7. The fourth-order valence-electron chi connectivity index (χ4n) is 1.61. The Morgan fingerprint density at radius 2 is 1.79 bits per heavy atom. The predicted octanol–water partition coefficient (Wildman–Crippen LogP) is 1.24. The molecule has 4 N–H and O–H groups in total. The zero-order valence-corrected chi connectivity index (χ0v) is 15.1. The Hall–Kier alpha value is -1.84. The van der Waals surface area contributed by atoms with Crippen LogP contribution in [0.25, 0.3) is 0 Å². The van der Waals surface area contributed by atoms with E-state index in [9.17, 15) is 18.0 Å². The number of primary sulfonamides is 1. The van der Waals surface area contributed by atoms with E-state index in [4.69, 9.17) is 21.5 Å². The summed E-state index contributed by atoms with van der Waals surface area (Å²) in [6, 6.07) is 3.57. The summed E-state index contributed by atoms with van der Waals surface area (Å²) in [6.07, 6.45) is -0.606. The number of amides is 2. The van der Waals surface area contributed by atoms with Crippen molar-refractivity contribution in [3.8, 4) is 0 Å². The molecule has 0 unspecified atom stereocenters. The molecule has 0 spiro atoms. The van der Waals surface area contributed by atoms with Gasteiger partial charge in [-0.3, -0.25) is 4.79 Å². The summed E-state index contributed by atoms with van der Waals surface area (Å²) in [6.45, 7) is 5.43. The number of nitrogens with one attached hydrogen (secondary N) is 2. The second kappa shape index (κ2) is 7.82. The Bertz CT molecular complexity index is 728. The minimum Gasteiger partial charge on any atom is -0.444 e. The molecule has 10 heteroatoms. The van der Waals surface area contributed by atoms with Crippen molar-refractivity contribution in [2.75, 3.05) is 13.1 Å². The number of nitrogens with two attached hydrogens (primary N) is 1. The molecule has 0 aliphatic carbocycles. The molecule has 0 aromatic heterocycles. The summed E-state index contributed by atoms with van der Waals surface area (Å²) in [7, 11) is -3.94. The first kappa shape index (κ1) is 20.2. The van der Waals surface area contributed by atoms with E-state index >= 15 is 0 Å². The first-order valence-electron chi connectivity index (χ1n) is 6.97. The van der Waals surface area contributed by atoms with Gasteiger partial charge >= 0.3 is 6.09 Å². The van der Waals surface area contributed by atoms with Crippen LogP contribution in [0, 0.1) is 0 Å². The lowest BCUT2D eigenvalue weighted by Crippen LogP contribution is -2.38. The van der Waals surface area contributed by atoms with Crippen LogP contribution in [0.5, 0.6) is 0 Å². The minimum absolute atomic E-state index is 0.0274. The molecule has 0 atom stereocenters. The van der Waals surface area contributed by atoms with Crippen molar-refractivity contribution in [2.24, 2.45) is 5.14 Å². The molecule has 0 fully saturated rings. The largest absolute Gasteiger partial charge is 0.444 e. The van der Waals surface area contributed by atoms with Gasteiger partial charge in [0.05, 0.1) is 15.5 Å². The van der Waals surface area contributed by atoms with Crippen molar-refractivity contribution in [1.82, 2.24) is 10.6 Å². The molecular formula is C14H20ClN3O5S. The van der Waals surface area contributed by atoms with E-state index < -0.39 is 27.6 Å². The van der Waals surface area contributed by atoms with Crippen LogP contribution in [-0.4, -0.2) is 39.1 Å². The van der Waals surface area contributed by atoms with Crippen LogP contribution in [0.2, 0.25) is 5.02 Å². The molecule has 0 bridgehead atoms. The van der Waals surface area contributed by atoms with Gasteiger partial charge in [-0.25, -0.2) is 18.4 Å². The molecule has 0 radical (unpaired) electrons. The van der Waals surface area contributed by atoms with E-state index in [1.54, 1.807) is 20.8 Å². The van der Waals surface area contributed by atoms with Gasteiger partial charge in [0.2, 0.25) is 10.0 Å². The first-order valence-corrected chi connectivity index (χ1v) is 8.90. The van der Waals surface area contributed by atoms with E-state index in [2.05, 4.69) is 10.6 Å². The predicted molar refractivity (Wildman–Crippen MR) is 89.4 cm³/mol. The number of hydrogen-bond acceptors (Lipinski definition) is 5. The quantitative estimate of drug-likeness (QED) is 0.665. The number of halogens is 1. The van der Waals surface area contributed by atoms with Crippen molar-refractivity contribution >= 4 is 33.6 Å². The minimum atomic E-state index is -3.94. The third-order valence-corrected chi connectivity index (χ3v) is 3.83. The first-order chi connectivity index (χ1) is 10.9. The van der Waals surface area contributed by atoms with Crippen LogP contribution < -0.4 is 15.8 Å². The SMILES string of the molecule is CC(C)(C)OC(=O)NCCNC(=O)c1cc(S(N)(=O)=O)ccc1Cl. The average Bonchev–Trinajstić information content (AvgIpc) is 2.40. The van der Waals surface area contributed by atoms with E-state index in [-0.39, 0.29) is 28.6 Å². The van der Waals surface area contributed by atoms with Gasteiger partial charge in [-0.05, 0) is 39.0 Å². The van der Waals surface area contributed by atoms with Crippen molar-refractivity contribution in [3.05, 3.63) is 28.8 Å². The number of hydrogen-bond donors (Lipinski definition) is 3. The zero-order chi connectivity index (χ0) is 18.5. The number of sulfonamides is 1. The summed E-state index contributed by atoms with van der Waals surface area (Å²) in [5.74, 6) is -0.587. The molecule has 2 amide bonds. The second-order valence-electron chi connectivity index (χ2n) is 5.87. The molecule has 1 aromatic carbocycles. The van der Waals surface area contributed by atoms with Crippen molar-refractivity contribution in [1.29, 1.82) is 0 Å². The highest BCUT2D eigenvalue weighted by atomic mass is 35.5. The maximum atomic E-state index is 12.0. The topological polar surface area (TPSA) is 128 Å². The lowest BCUT2D eigenvalue weighted by atomic mass is 10.2. The summed E-state index contributed by atoms with van der Waals surface area (Å²) in [5, 5.41) is 10.1. The number of carbonyl (C=O) groups is 2. The van der Waals surface area contributed by atoms with Crippen LogP contribution in [0.4, 0.5) is 4.79 Å². The van der Waals surface area contributed by atoms with Gasteiger partial charge in [-0.2, -0.15) is 0 Å². The Kier molecular flexibility index (Phi) is 6.58. The zero-order valence-electron chi connectivity index (χ0n) is 13.6. The van der Waals surface area contributed by atoms with Gasteiger partial charge < -0.3 is 15.4 Å². The molecule has 0 saturated carbocycles. The maximum absolute atomic E-state index is 12.0. The molecule has 24 heavy (non-hydrogen) atoms. The molecule has 1 aromatic rings. The van der Waals surface area contributed by atoms with Crippen molar-refractivity contribution in [3.63, 3.8) is 0 Å². The molecule has 8 nitrogen and oxygen atoms in total. The highest BCUT2D eigenvalue weighted by Gasteiger charge is 2.17. The summed E-state index contributed by atoms with van der Waals surface area (Å²) in [4.78, 5) is 23.3. The van der Waals surface area contributed by atoms with Gasteiger partial charge in [0, 0.05) is 13.1 Å². The lowest BCUT2D eigenvalue weighted by Gasteiger charge is -2.19. The molecule has 0 aliphatic rings. The second-order valence-corrected chi connectivity index (χ2v) is 7.84. The van der Waals surface area contributed by atoms with Gasteiger partial charge in [0.1, 0.15) is 5.60 Å². The highest BCUT2D eigenvalue weighted by Crippen LogP contribution is 2.19. The smallest absolute Gasteiger partial charge is 0.407 e. The number of benzene rings is 1. The van der Waals surface area contributed by atoms with Crippen LogP contribution in [0.3, 0.4) is 0 Å². The van der Waals surface area contributed by atoms with Crippen LogP contribution in [0.15, 0.2) is 23.1 Å². The highest BCUT2D eigenvalue weighted by molar-refractivity contribution is 7.89. The molecule has 0 heterocycles. The fraction of sp³-hybridized carbons (Fsp3) is 0.429. The maximum Gasteiger partial charge on any atom is 0.407 e. The summed E-state index contributed by atoms with van der Waals surface area (Å²) < 4.78 is 27.7. The number of rotatable bonds is 5. The standard InChI is InChI=1S/C14H20ClN3O5S/c1-14(2,3)23-13(20)18-7-6-17-12(19)10-8-9(24(16,21)22)4-5-11(10)15/h4-5,8H,6-7H2,1-3H3,(H,17,19)(H,18,20)(H2,16,21,22). The molecule has 134 valence electrons. The van der Waals surface area contributed by atoms with Crippen molar-refractivity contribution < 1.29 is 22.7 Å². The third kappa shape index (κ3) is 6.73. The Labute approximate surface area is 145 Å². The van der Waals surface area contributed by atoms with E-state index in [1.165, 1.54) is 12.1 Å². The average molecular weight is 378 g/mol. The fourth-order valence-corrected chi connectivity index (χ4v) is 2.35. The van der Waals surface area contributed by atoms with Crippen LogP contribution in [0.1, 0.15) is 31.1 Å². The summed E-state index contributed by atoms with van der Waals surface area (Å²) in [5.41, 5.74) is -0.643. The van der Waals surface area contributed by atoms with Crippen molar-refractivity contribution in [2.45, 2.75) is 31.3 Å².